The Hall–Kier alpha value is -1.06. The fourth-order valence-electron chi connectivity index (χ4n) is 0.560. The van der Waals surface area contributed by atoms with Crippen molar-refractivity contribution >= 4 is 11.7 Å². The molecular weight excluding hydrogens is 130 g/mol. The average molecular weight is 143 g/mol. The topological polar surface area (TPSA) is 79.0 Å². The number of carbonyl (C=O) groups is 1. The van der Waals surface area contributed by atoms with E-state index in [2.05, 4.69) is 5.32 Å². The van der Waals surface area contributed by atoms with E-state index >= 15 is 0 Å². The van der Waals surface area contributed by atoms with Gasteiger partial charge in [-0.25, -0.2) is 0 Å². The summed E-state index contributed by atoms with van der Waals surface area (Å²) >= 11 is 0. The third-order valence-corrected chi connectivity index (χ3v) is 1.02. The molecule has 58 valence electrons. The Balaban J connectivity index is 3.06. The summed E-state index contributed by atoms with van der Waals surface area (Å²) in [6, 6.07) is 0. The molecule has 0 aliphatic carbocycles. The Morgan fingerprint density at radius 1 is 1.70 bits per heavy atom. The minimum Gasteiger partial charge on any atom is -0.370 e. The molecule has 0 unspecified atom stereocenters. The largest absolute Gasteiger partial charge is 0.370 e. The molecule has 0 saturated carbocycles. The molecule has 4 N–H and O–H groups in total. The zero-order valence-corrected chi connectivity index (χ0v) is 6.11. The number of Topliss-reactive ketones (excluding diaryl/α,β-unsaturated/α-hetero) is 1. The summed E-state index contributed by atoms with van der Waals surface area (Å²) in [5.74, 6) is 0.133. The van der Waals surface area contributed by atoms with Crippen molar-refractivity contribution in [2.45, 2.75) is 19.8 Å². The van der Waals surface area contributed by atoms with Crippen LogP contribution in [0, 0.1) is 5.41 Å². The third-order valence-electron chi connectivity index (χ3n) is 1.02. The number of nitrogens with one attached hydrogen (secondary N) is 2. The van der Waals surface area contributed by atoms with Gasteiger partial charge in [0.25, 0.3) is 0 Å². The fourth-order valence-corrected chi connectivity index (χ4v) is 0.560. The molecule has 0 atom stereocenters. The first-order valence-corrected chi connectivity index (χ1v) is 3.20. The van der Waals surface area contributed by atoms with Gasteiger partial charge in [0, 0.05) is 13.0 Å². The zero-order chi connectivity index (χ0) is 7.98. The Bertz CT molecular complexity index is 117. The van der Waals surface area contributed by atoms with Crippen LogP contribution in [0.2, 0.25) is 0 Å². The van der Waals surface area contributed by atoms with Crippen molar-refractivity contribution < 1.29 is 4.79 Å². The normalized spacial score (nSPS) is 8.90. The molecule has 0 aliphatic heterocycles. The van der Waals surface area contributed by atoms with Crippen LogP contribution < -0.4 is 11.1 Å². The number of guanidine groups is 1. The lowest BCUT2D eigenvalue weighted by atomic mass is 10.2. The van der Waals surface area contributed by atoms with Crippen LogP contribution >= 0.6 is 0 Å². The van der Waals surface area contributed by atoms with Gasteiger partial charge in [0.05, 0.1) is 0 Å². The highest BCUT2D eigenvalue weighted by Crippen LogP contribution is 1.86. The molecule has 4 heteroatoms. The third kappa shape index (κ3) is 6.94. The number of ketones is 1. The van der Waals surface area contributed by atoms with Crippen molar-refractivity contribution in [3.8, 4) is 0 Å². The maximum absolute atomic E-state index is 10.4. The van der Waals surface area contributed by atoms with Crippen molar-refractivity contribution in [1.82, 2.24) is 5.32 Å². The summed E-state index contributed by atoms with van der Waals surface area (Å²) in [5, 5.41) is 9.37. The minimum atomic E-state index is -0.0384. The van der Waals surface area contributed by atoms with Crippen LogP contribution in [0.25, 0.3) is 0 Å². The molecule has 0 rings (SSSR count). The van der Waals surface area contributed by atoms with Gasteiger partial charge in [-0.3, -0.25) is 5.41 Å². The number of nitrogens with two attached hydrogens (primary N) is 1. The van der Waals surface area contributed by atoms with Gasteiger partial charge in [-0.1, -0.05) is 0 Å². The second-order valence-corrected chi connectivity index (χ2v) is 2.15. The van der Waals surface area contributed by atoms with E-state index < -0.39 is 0 Å². The van der Waals surface area contributed by atoms with E-state index in [9.17, 15) is 4.79 Å². The molecule has 0 heterocycles. The molecule has 0 aromatic heterocycles. The van der Waals surface area contributed by atoms with Crippen molar-refractivity contribution in [1.29, 1.82) is 5.41 Å². The lowest BCUT2D eigenvalue weighted by Crippen LogP contribution is -2.31. The Morgan fingerprint density at radius 2 is 2.30 bits per heavy atom. The maximum Gasteiger partial charge on any atom is 0.185 e. The fraction of sp³-hybridized carbons (Fsp3) is 0.667. The SMILES string of the molecule is CC(=O)CCCNC(=N)N. The van der Waals surface area contributed by atoms with E-state index in [0.717, 1.165) is 6.42 Å². The van der Waals surface area contributed by atoms with Crippen LogP contribution in [0.3, 0.4) is 0 Å². The molecule has 0 bridgehead atoms. The van der Waals surface area contributed by atoms with Gasteiger partial charge in [-0.15, -0.1) is 0 Å². The molecule has 0 spiro atoms. The van der Waals surface area contributed by atoms with Crippen LogP contribution in [0.4, 0.5) is 0 Å². The van der Waals surface area contributed by atoms with Crippen LogP contribution in [-0.2, 0) is 4.79 Å². The second kappa shape index (κ2) is 4.78. The van der Waals surface area contributed by atoms with Gasteiger partial charge in [0.2, 0.25) is 0 Å². The predicted octanol–water partition coefficient (Wildman–Crippen LogP) is -0.161. The highest BCUT2D eigenvalue weighted by Gasteiger charge is 1.92. The van der Waals surface area contributed by atoms with Crippen LogP contribution in [-0.4, -0.2) is 18.3 Å². The van der Waals surface area contributed by atoms with Gasteiger partial charge in [-0.2, -0.15) is 0 Å². The first-order valence-electron chi connectivity index (χ1n) is 3.20. The van der Waals surface area contributed by atoms with Gasteiger partial charge in [-0.05, 0) is 13.3 Å². The minimum absolute atomic E-state index is 0.0384. The first kappa shape index (κ1) is 8.94. The smallest absolute Gasteiger partial charge is 0.185 e. The summed E-state index contributed by atoms with van der Waals surface area (Å²) in [5.41, 5.74) is 5.00. The Morgan fingerprint density at radius 3 is 2.70 bits per heavy atom. The molecule has 0 aliphatic rings. The van der Waals surface area contributed by atoms with Crippen molar-refractivity contribution in [3.63, 3.8) is 0 Å². The molecule has 0 radical (unpaired) electrons. The molecule has 0 aromatic carbocycles. The van der Waals surface area contributed by atoms with E-state index in [0.29, 0.717) is 13.0 Å². The summed E-state index contributed by atoms with van der Waals surface area (Å²) in [6.07, 6.45) is 1.30. The molecule has 0 saturated heterocycles. The summed E-state index contributed by atoms with van der Waals surface area (Å²) in [7, 11) is 0. The average Bonchev–Trinajstić information content (AvgIpc) is 1.79. The molecule has 4 nitrogen and oxygen atoms in total. The molecule has 0 fully saturated rings. The molecule has 0 amide bonds. The van der Waals surface area contributed by atoms with Gasteiger partial charge >= 0.3 is 0 Å². The maximum atomic E-state index is 10.4. The molecule has 0 aromatic rings. The number of hydrogen-bond acceptors (Lipinski definition) is 2. The lowest BCUT2D eigenvalue weighted by molar-refractivity contribution is -0.117. The van der Waals surface area contributed by atoms with Crippen LogP contribution in [0.1, 0.15) is 19.8 Å². The summed E-state index contributed by atoms with van der Waals surface area (Å²) < 4.78 is 0. The van der Waals surface area contributed by atoms with Crippen molar-refractivity contribution in [2.75, 3.05) is 6.54 Å². The van der Waals surface area contributed by atoms with E-state index in [1.807, 2.05) is 0 Å². The van der Waals surface area contributed by atoms with E-state index in [4.69, 9.17) is 11.1 Å². The molecule has 10 heavy (non-hydrogen) atoms. The highest BCUT2D eigenvalue weighted by molar-refractivity contribution is 5.76. The van der Waals surface area contributed by atoms with Crippen LogP contribution in [0.5, 0.6) is 0 Å². The lowest BCUT2D eigenvalue weighted by Gasteiger charge is -2.00. The van der Waals surface area contributed by atoms with Crippen molar-refractivity contribution in [2.24, 2.45) is 5.73 Å². The number of carbonyl (C=O) groups excluding carboxylic acids is 1. The Kier molecular flexibility index (Phi) is 4.28. The zero-order valence-electron chi connectivity index (χ0n) is 6.11. The molecular formula is C6H13N3O. The standard InChI is InChI=1S/C6H13N3O/c1-5(10)3-2-4-9-6(7)8/h2-4H2,1H3,(H4,7,8,9). The Labute approximate surface area is 60.3 Å². The predicted molar refractivity (Wildman–Crippen MR) is 39.8 cm³/mol. The second-order valence-electron chi connectivity index (χ2n) is 2.15. The summed E-state index contributed by atoms with van der Waals surface area (Å²) in [6.45, 7) is 2.16. The van der Waals surface area contributed by atoms with Crippen molar-refractivity contribution in [3.05, 3.63) is 0 Å². The summed E-state index contributed by atoms with van der Waals surface area (Å²) in [4.78, 5) is 10.4. The highest BCUT2D eigenvalue weighted by atomic mass is 16.1. The van der Waals surface area contributed by atoms with E-state index in [1.165, 1.54) is 0 Å². The van der Waals surface area contributed by atoms with E-state index in [1.54, 1.807) is 6.92 Å². The number of rotatable bonds is 4. The first-order chi connectivity index (χ1) is 4.63. The van der Waals surface area contributed by atoms with E-state index in [-0.39, 0.29) is 11.7 Å². The monoisotopic (exact) mass is 143 g/mol. The quantitative estimate of drug-likeness (QED) is 0.290. The van der Waals surface area contributed by atoms with Crippen LogP contribution in [0.15, 0.2) is 0 Å². The van der Waals surface area contributed by atoms with Gasteiger partial charge in [0.1, 0.15) is 5.78 Å². The van der Waals surface area contributed by atoms with Gasteiger partial charge in [0.15, 0.2) is 5.96 Å². The number of hydrogen-bond donors (Lipinski definition) is 3. The van der Waals surface area contributed by atoms with Gasteiger partial charge < -0.3 is 15.8 Å².